The number of nitrogens with zero attached hydrogens (tertiary/aromatic N) is 1. The molecule has 1 amide bonds. The normalized spacial score (nSPS) is 10.1. The van der Waals surface area contributed by atoms with Crippen LogP contribution in [0.15, 0.2) is 42.5 Å². The molecule has 0 aliphatic carbocycles. The molecule has 2 aromatic carbocycles. The molecule has 22 heavy (non-hydrogen) atoms. The van der Waals surface area contributed by atoms with Crippen molar-refractivity contribution in [3.8, 4) is 5.75 Å². The van der Waals surface area contributed by atoms with Crippen molar-refractivity contribution in [2.45, 2.75) is 13.8 Å². The van der Waals surface area contributed by atoms with E-state index in [9.17, 15) is 14.9 Å². The molecule has 6 nitrogen and oxygen atoms in total. The summed E-state index contributed by atoms with van der Waals surface area (Å²) in [4.78, 5) is 22.1. The molecule has 0 saturated carbocycles. The minimum Gasteiger partial charge on any atom is -0.483 e. The Morgan fingerprint density at radius 1 is 1.18 bits per heavy atom. The Morgan fingerprint density at radius 2 is 1.91 bits per heavy atom. The summed E-state index contributed by atoms with van der Waals surface area (Å²) in [5.41, 5.74) is 2.30. The van der Waals surface area contributed by atoms with E-state index in [0.29, 0.717) is 11.3 Å². The predicted octanol–water partition coefficient (Wildman–Crippen LogP) is 3.23. The Bertz CT molecular complexity index is 713. The van der Waals surface area contributed by atoms with Gasteiger partial charge >= 0.3 is 0 Å². The van der Waals surface area contributed by atoms with E-state index in [-0.39, 0.29) is 18.2 Å². The smallest absolute Gasteiger partial charge is 0.269 e. The zero-order valence-corrected chi connectivity index (χ0v) is 12.3. The molecule has 2 aromatic rings. The number of ether oxygens (including phenoxy) is 1. The second-order valence-corrected chi connectivity index (χ2v) is 4.86. The van der Waals surface area contributed by atoms with Crippen molar-refractivity contribution >= 4 is 17.3 Å². The number of nitrogens with one attached hydrogen (secondary N) is 1. The van der Waals surface area contributed by atoms with E-state index in [2.05, 4.69) is 5.32 Å². The van der Waals surface area contributed by atoms with Crippen LogP contribution >= 0.6 is 0 Å². The largest absolute Gasteiger partial charge is 0.483 e. The number of anilines is 1. The number of para-hydroxylation sites is 1. The van der Waals surface area contributed by atoms with Gasteiger partial charge in [0.15, 0.2) is 6.61 Å². The van der Waals surface area contributed by atoms with Crippen molar-refractivity contribution < 1.29 is 14.5 Å². The SMILES string of the molecule is Cc1ccccc1NC(=O)COc1ccc([N+](=O)[O-])cc1C. The zero-order chi connectivity index (χ0) is 16.1. The van der Waals surface area contributed by atoms with Gasteiger partial charge in [-0.3, -0.25) is 14.9 Å². The second kappa shape index (κ2) is 6.71. The molecular weight excluding hydrogens is 284 g/mol. The molecule has 0 aliphatic heterocycles. The van der Waals surface area contributed by atoms with Gasteiger partial charge < -0.3 is 10.1 Å². The van der Waals surface area contributed by atoms with Gasteiger partial charge in [0.2, 0.25) is 0 Å². The van der Waals surface area contributed by atoms with Crippen molar-refractivity contribution in [1.29, 1.82) is 0 Å². The standard InChI is InChI=1S/C16H16N2O4/c1-11-5-3-4-6-14(11)17-16(19)10-22-15-8-7-13(18(20)21)9-12(15)2/h3-9H,10H2,1-2H3,(H,17,19). The maximum atomic E-state index is 11.9. The molecule has 0 atom stereocenters. The van der Waals surface area contributed by atoms with E-state index in [1.165, 1.54) is 18.2 Å². The summed E-state index contributed by atoms with van der Waals surface area (Å²) < 4.78 is 5.41. The summed E-state index contributed by atoms with van der Waals surface area (Å²) in [5.74, 6) is 0.164. The summed E-state index contributed by atoms with van der Waals surface area (Å²) in [6, 6.07) is 11.7. The summed E-state index contributed by atoms with van der Waals surface area (Å²) in [6.07, 6.45) is 0. The van der Waals surface area contributed by atoms with Crippen LogP contribution < -0.4 is 10.1 Å². The molecule has 0 bridgehead atoms. The number of nitro groups is 1. The maximum Gasteiger partial charge on any atom is 0.269 e. The molecule has 0 aliphatic rings. The first-order valence-electron chi connectivity index (χ1n) is 6.70. The van der Waals surface area contributed by atoms with Crippen LogP contribution in [0.3, 0.4) is 0 Å². The first kappa shape index (κ1) is 15.5. The van der Waals surface area contributed by atoms with Crippen LogP contribution in [0, 0.1) is 24.0 Å². The lowest BCUT2D eigenvalue weighted by Gasteiger charge is -2.10. The highest BCUT2D eigenvalue weighted by Gasteiger charge is 2.10. The van der Waals surface area contributed by atoms with E-state index in [4.69, 9.17) is 4.74 Å². The minimum atomic E-state index is -0.471. The Balaban J connectivity index is 1.97. The number of non-ortho nitro benzene ring substituents is 1. The van der Waals surface area contributed by atoms with Gasteiger partial charge in [-0.25, -0.2) is 0 Å². The molecule has 0 aromatic heterocycles. The number of hydrogen-bond acceptors (Lipinski definition) is 4. The molecule has 0 unspecified atom stereocenters. The molecule has 0 radical (unpaired) electrons. The van der Waals surface area contributed by atoms with Crippen LogP contribution in [0.4, 0.5) is 11.4 Å². The van der Waals surface area contributed by atoms with Crippen molar-refractivity contribution in [2.24, 2.45) is 0 Å². The van der Waals surface area contributed by atoms with Crippen LogP contribution in [0.5, 0.6) is 5.75 Å². The molecule has 6 heteroatoms. The van der Waals surface area contributed by atoms with Crippen molar-refractivity contribution in [3.63, 3.8) is 0 Å². The first-order chi connectivity index (χ1) is 10.5. The lowest BCUT2D eigenvalue weighted by molar-refractivity contribution is -0.384. The fourth-order valence-corrected chi connectivity index (χ4v) is 1.95. The summed E-state index contributed by atoms with van der Waals surface area (Å²) in [7, 11) is 0. The average Bonchev–Trinajstić information content (AvgIpc) is 2.48. The Kier molecular flexibility index (Phi) is 4.73. The van der Waals surface area contributed by atoms with Crippen LogP contribution in [-0.2, 0) is 4.79 Å². The fraction of sp³-hybridized carbons (Fsp3) is 0.188. The van der Waals surface area contributed by atoms with Gasteiger partial charge in [-0.05, 0) is 37.1 Å². The van der Waals surface area contributed by atoms with E-state index in [1.807, 2.05) is 31.2 Å². The first-order valence-corrected chi connectivity index (χ1v) is 6.70. The molecule has 0 fully saturated rings. The van der Waals surface area contributed by atoms with E-state index in [1.54, 1.807) is 6.92 Å². The zero-order valence-electron chi connectivity index (χ0n) is 12.3. The number of hydrogen-bond donors (Lipinski definition) is 1. The van der Waals surface area contributed by atoms with Gasteiger partial charge in [0.05, 0.1) is 4.92 Å². The van der Waals surface area contributed by atoms with Gasteiger partial charge in [-0.2, -0.15) is 0 Å². The van der Waals surface area contributed by atoms with E-state index >= 15 is 0 Å². The highest BCUT2D eigenvalue weighted by atomic mass is 16.6. The van der Waals surface area contributed by atoms with Gasteiger partial charge in [-0.15, -0.1) is 0 Å². The number of rotatable bonds is 5. The van der Waals surface area contributed by atoms with Gasteiger partial charge in [-0.1, -0.05) is 18.2 Å². The summed E-state index contributed by atoms with van der Waals surface area (Å²) >= 11 is 0. The monoisotopic (exact) mass is 300 g/mol. The third-order valence-electron chi connectivity index (χ3n) is 3.15. The summed E-state index contributed by atoms with van der Waals surface area (Å²) in [5, 5.41) is 13.4. The minimum absolute atomic E-state index is 0.00536. The molecule has 2 rings (SSSR count). The number of benzene rings is 2. The Morgan fingerprint density at radius 3 is 2.55 bits per heavy atom. The molecule has 114 valence electrons. The van der Waals surface area contributed by atoms with Crippen LogP contribution in [-0.4, -0.2) is 17.4 Å². The number of nitro benzene ring substituents is 1. The van der Waals surface area contributed by atoms with Gasteiger partial charge in [0.1, 0.15) is 5.75 Å². The van der Waals surface area contributed by atoms with Crippen LogP contribution in [0.25, 0.3) is 0 Å². The third-order valence-corrected chi connectivity index (χ3v) is 3.15. The predicted molar refractivity (Wildman–Crippen MR) is 83.1 cm³/mol. The number of carbonyl (C=O) groups excluding carboxylic acids is 1. The average molecular weight is 300 g/mol. The summed E-state index contributed by atoms with van der Waals surface area (Å²) in [6.45, 7) is 3.44. The van der Waals surface area contributed by atoms with Gasteiger partial charge in [0, 0.05) is 17.8 Å². The van der Waals surface area contributed by atoms with Gasteiger partial charge in [0.25, 0.3) is 11.6 Å². The topological polar surface area (TPSA) is 81.5 Å². The molecular formula is C16H16N2O4. The van der Waals surface area contributed by atoms with Crippen molar-refractivity contribution in [2.75, 3.05) is 11.9 Å². The highest BCUT2D eigenvalue weighted by Crippen LogP contribution is 2.23. The number of amides is 1. The lowest BCUT2D eigenvalue weighted by Crippen LogP contribution is -2.20. The van der Waals surface area contributed by atoms with Crippen LogP contribution in [0.2, 0.25) is 0 Å². The third kappa shape index (κ3) is 3.82. The Labute approximate surface area is 127 Å². The number of carbonyl (C=O) groups is 1. The molecule has 0 saturated heterocycles. The lowest BCUT2D eigenvalue weighted by atomic mass is 10.2. The maximum absolute atomic E-state index is 11.9. The highest BCUT2D eigenvalue weighted by molar-refractivity contribution is 5.92. The van der Waals surface area contributed by atoms with E-state index < -0.39 is 4.92 Å². The Hall–Kier alpha value is -2.89. The number of aryl methyl sites for hydroxylation is 2. The molecule has 0 spiro atoms. The fourth-order valence-electron chi connectivity index (χ4n) is 1.95. The second-order valence-electron chi connectivity index (χ2n) is 4.86. The van der Waals surface area contributed by atoms with E-state index in [0.717, 1.165) is 11.3 Å². The van der Waals surface area contributed by atoms with Crippen molar-refractivity contribution in [1.82, 2.24) is 0 Å². The molecule has 1 N–H and O–H groups in total. The van der Waals surface area contributed by atoms with Crippen molar-refractivity contribution in [3.05, 3.63) is 63.7 Å². The molecule has 0 heterocycles. The van der Waals surface area contributed by atoms with Crippen LogP contribution in [0.1, 0.15) is 11.1 Å². The quantitative estimate of drug-likeness (QED) is 0.679.